The van der Waals surface area contributed by atoms with Crippen molar-refractivity contribution in [1.29, 1.82) is 0 Å². The fourth-order valence-corrected chi connectivity index (χ4v) is 4.08. The van der Waals surface area contributed by atoms with Gasteiger partial charge in [-0.3, -0.25) is 14.5 Å². The van der Waals surface area contributed by atoms with Gasteiger partial charge in [-0.2, -0.15) is 5.10 Å². The normalized spacial score (nSPS) is 18.8. The Hall–Kier alpha value is -3.29. The average Bonchev–Trinajstić information content (AvgIpc) is 3.37. The summed E-state index contributed by atoms with van der Waals surface area (Å²) in [6, 6.07) is 3.87. The number of amides is 1. The first-order chi connectivity index (χ1) is 13.7. The highest BCUT2D eigenvalue weighted by Gasteiger charge is 2.33. The molecule has 5 heterocycles. The van der Waals surface area contributed by atoms with E-state index in [4.69, 9.17) is 0 Å². The summed E-state index contributed by atoms with van der Waals surface area (Å²) in [5.41, 5.74) is 3.68. The van der Waals surface area contributed by atoms with Gasteiger partial charge >= 0.3 is 0 Å². The number of nitrogens with one attached hydrogen (secondary N) is 1. The van der Waals surface area contributed by atoms with Gasteiger partial charge in [0.25, 0.3) is 0 Å². The van der Waals surface area contributed by atoms with E-state index in [1.54, 1.807) is 17.1 Å². The van der Waals surface area contributed by atoms with E-state index in [-0.39, 0.29) is 11.8 Å². The number of aromatic nitrogens is 5. The molecule has 3 aromatic rings. The molecule has 5 rings (SSSR count). The fraction of sp³-hybridized carbons (Fsp3) is 0.350. The number of carbonyl (C=O) groups excluding carboxylic acids is 1. The van der Waals surface area contributed by atoms with Crippen molar-refractivity contribution in [2.45, 2.75) is 25.2 Å². The van der Waals surface area contributed by atoms with Crippen LogP contribution in [0.3, 0.4) is 0 Å². The number of aryl methyl sites for hydroxylation is 1. The Labute approximate surface area is 162 Å². The Morgan fingerprint density at radius 2 is 1.93 bits per heavy atom. The highest BCUT2D eigenvalue weighted by Crippen LogP contribution is 2.42. The summed E-state index contributed by atoms with van der Waals surface area (Å²) in [4.78, 5) is 28.0. The van der Waals surface area contributed by atoms with Gasteiger partial charge in [-0.15, -0.1) is 0 Å². The lowest BCUT2D eigenvalue weighted by molar-refractivity contribution is -0.116. The third-order valence-electron chi connectivity index (χ3n) is 5.46. The van der Waals surface area contributed by atoms with Crippen LogP contribution in [0, 0.1) is 0 Å². The molecule has 0 saturated carbocycles. The van der Waals surface area contributed by atoms with Gasteiger partial charge in [-0.25, -0.2) is 9.97 Å². The largest absolute Gasteiger partial charge is 0.341 e. The fourth-order valence-electron chi connectivity index (χ4n) is 4.08. The molecule has 0 bridgehead atoms. The SMILES string of the molecule is Cn1nc(-c2cccnc2)c2c1NC(=O)C[C@H]2c1cnc(N2CCCC2)nc1. The van der Waals surface area contributed by atoms with Gasteiger partial charge in [-0.05, 0) is 30.5 Å². The lowest BCUT2D eigenvalue weighted by Gasteiger charge is -2.24. The molecule has 28 heavy (non-hydrogen) atoms. The Balaban J connectivity index is 1.57. The zero-order chi connectivity index (χ0) is 19.1. The Morgan fingerprint density at radius 1 is 1.14 bits per heavy atom. The lowest BCUT2D eigenvalue weighted by atomic mass is 9.86. The molecule has 0 unspecified atom stereocenters. The van der Waals surface area contributed by atoms with E-state index in [1.807, 2.05) is 31.6 Å². The molecule has 8 heteroatoms. The van der Waals surface area contributed by atoms with Crippen LogP contribution in [0.5, 0.6) is 0 Å². The van der Waals surface area contributed by atoms with Crippen molar-refractivity contribution in [3.8, 4) is 11.3 Å². The molecule has 1 N–H and O–H groups in total. The molecule has 142 valence electrons. The molecular formula is C20H21N7O. The van der Waals surface area contributed by atoms with Gasteiger partial charge in [0.1, 0.15) is 5.82 Å². The van der Waals surface area contributed by atoms with Crippen molar-refractivity contribution >= 4 is 17.7 Å². The topological polar surface area (TPSA) is 88.8 Å². The van der Waals surface area contributed by atoms with E-state index in [1.165, 1.54) is 12.8 Å². The maximum Gasteiger partial charge on any atom is 0.226 e. The summed E-state index contributed by atoms with van der Waals surface area (Å²) in [5.74, 6) is 1.33. The van der Waals surface area contributed by atoms with Crippen LogP contribution in [0.15, 0.2) is 36.9 Å². The zero-order valence-electron chi connectivity index (χ0n) is 15.7. The standard InChI is InChI=1S/C20H21N7O/c1-26-19-17(18(25-26)13-5-4-6-21-10-13)15(9-16(28)24-19)14-11-22-20(23-12-14)27-7-2-3-8-27/h4-6,10-12,15H,2-3,7-9H2,1H3,(H,24,28)/t15-/m0/s1. The number of anilines is 2. The maximum absolute atomic E-state index is 12.4. The van der Waals surface area contributed by atoms with Crippen molar-refractivity contribution < 1.29 is 4.79 Å². The number of hydrogen-bond donors (Lipinski definition) is 1. The zero-order valence-corrected chi connectivity index (χ0v) is 15.7. The van der Waals surface area contributed by atoms with Crippen LogP contribution in [0.2, 0.25) is 0 Å². The van der Waals surface area contributed by atoms with Gasteiger partial charge in [0.15, 0.2) is 0 Å². The van der Waals surface area contributed by atoms with E-state index in [0.29, 0.717) is 6.42 Å². The molecule has 8 nitrogen and oxygen atoms in total. The van der Waals surface area contributed by atoms with Crippen LogP contribution in [-0.2, 0) is 11.8 Å². The molecule has 0 aliphatic carbocycles. The van der Waals surface area contributed by atoms with Crippen molar-refractivity contribution in [2.75, 3.05) is 23.3 Å². The molecule has 2 aliphatic heterocycles. The van der Waals surface area contributed by atoms with Gasteiger partial charge in [-0.1, -0.05) is 0 Å². The molecular weight excluding hydrogens is 354 g/mol. The van der Waals surface area contributed by atoms with Crippen molar-refractivity contribution in [3.05, 3.63) is 48.0 Å². The van der Waals surface area contributed by atoms with E-state index in [0.717, 1.165) is 47.2 Å². The van der Waals surface area contributed by atoms with Gasteiger partial charge in [0, 0.05) is 68.4 Å². The highest BCUT2D eigenvalue weighted by atomic mass is 16.1. The van der Waals surface area contributed by atoms with Crippen LogP contribution in [0.4, 0.5) is 11.8 Å². The number of pyridine rings is 1. The number of carbonyl (C=O) groups is 1. The van der Waals surface area contributed by atoms with Gasteiger partial charge in [0.2, 0.25) is 11.9 Å². The predicted molar refractivity (Wildman–Crippen MR) is 105 cm³/mol. The predicted octanol–water partition coefficient (Wildman–Crippen LogP) is 2.35. The van der Waals surface area contributed by atoms with E-state index >= 15 is 0 Å². The first-order valence-corrected chi connectivity index (χ1v) is 9.55. The first kappa shape index (κ1) is 16.9. The summed E-state index contributed by atoms with van der Waals surface area (Å²) in [7, 11) is 1.84. The quantitative estimate of drug-likeness (QED) is 0.756. The Morgan fingerprint density at radius 3 is 2.64 bits per heavy atom. The number of rotatable bonds is 3. The summed E-state index contributed by atoms with van der Waals surface area (Å²) < 4.78 is 1.72. The Kier molecular flexibility index (Phi) is 4.03. The molecule has 1 fully saturated rings. The second-order valence-electron chi connectivity index (χ2n) is 7.29. The summed E-state index contributed by atoms with van der Waals surface area (Å²) in [6.07, 6.45) is 9.95. The molecule has 1 amide bonds. The van der Waals surface area contributed by atoms with Crippen molar-refractivity contribution in [1.82, 2.24) is 24.7 Å². The molecule has 0 spiro atoms. The second kappa shape index (κ2) is 6.70. The molecule has 1 atom stereocenters. The molecule has 0 radical (unpaired) electrons. The average molecular weight is 375 g/mol. The third kappa shape index (κ3) is 2.81. The Bertz CT molecular complexity index is 1010. The van der Waals surface area contributed by atoms with E-state index in [9.17, 15) is 4.79 Å². The number of hydrogen-bond acceptors (Lipinski definition) is 6. The minimum Gasteiger partial charge on any atom is -0.341 e. The van der Waals surface area contributed by atoms with Crippen LogP contribution in [0.1, 0.15) is 36.3 Å². The number of nitrogens with zero attached hydrogens (tertiary/aromatic N) is 6. The minimum atomic E-state index is -0.139. The molecule has 1 saturated heterocycles. The van der Waals surface area contributed by atoms with E-state index in [2.05, 4.69) is 30.3 Å². The minimum absolute atomic E-state index is 0.0261. The molecule has 3 aromatic heterocycles. The lowest BCUT2D eigenvalue weighted by Crippen LogP contribution is -2.25. The third-order valence-corrected chi connectivity index (χ3v) is 5.46. The monoisotopic (exact) mass is 375 g/mol. The van der Waals surface area contributed by atoms with Gasteiger partial charge in [0.05, 0.1) is 5.69 Å². The summed E-state index contributed by atoms with van der Waals surface area (Å²) in [5, 5.41) is 7.63. The highest BCUT2D eigenvalue weighted by molar-refractivity contribution is 5.96. The van der Waals surface area contributed by atoms with Crippen LogP contribution < -0.4 is 10.2 Å². The van der Waals surface area contributed by atoms with Crippen molar-refractivity contribution in [2.24, 2.45) is 7.05 Å². The summed E-state index contributed by atoms with van der Waals surface area (Å²) >= 11 is 0. The van der Waals surface area contributed by atoms with Crippen LogP contribution >= 0.6 is 0 Å². The second-order valence-corrected chi connectivity index (χ2v) is 7.29. The summed E-state index contributed by atoms with van der Waals surface area (Å²) in [6.45, 7) is 2.01. The van der Waals surface area contributed by atoms with Gasteiger partial charge < -0.3 is 10.2 Å². The van der Waals surface area contributed by atoms with Crippen LogP contribution in [0.25, 0.3) is 11.3 Å². The van der Waals surface area contributed by atoms with Crippen LogP contribution in [-0.4, -0.2) is 43.7 Å². The first-order valence-electron chi connectivity index (χ1n) is 9.55. The smallest absolute Gasteiger partial charge is 0.226 e. The number of fused-ring (bicyclic) bond motifs is 1. The van der Waals surface area contributed by atoms with E-state index < -0.39 is 0 Å². The molecule has 2 aliphatic rings. The van der Waals surface area contributed by atoms with Crippen molar-refractivity contribution in [3.63, 3.8) is 0 Å². The molecule has 0 aromatic carbocycles. The maximum atomic E-state index is 12.4.